The third-order valence-corrected chi connectivity index (χ3v) is 5.06. The second-order valence-corrected chi connectivity index (χ2v) is 6.95. The first-order chi connectivity index (χ1) is 14.0. The number of rotatable bonds is 7. The Morgan fingerprint density at radius 3 is 2.48 bits per heavy atom. The molecule has 0 fully saturated rings. The SMILES string of the molecule is CCOc1ccc2[nH]c(=O)c(CN(Cc3ccc(OC)cc3)C(=S)NC)cc2c1. The Morgan fingerprint density at radius 1 is 1.10 bits per heavy atom. The molecule has 0 spiro atoms. The van der Waals surface area contributed by atoms with E-state index in [2.05, 4.69) is 10.3 Å². The largest absolute Gasteiger partial charge is 0.497 e. The molecular weight excluding hydrogens is 386 g/mol. The van der Waals surface area contributed by atoms with Crippen LogP contribution < -0.4 is 20.3 Å². The van der Waals surface area contributed by atoms with Crippen LogP contribution in [-0.2, 0) is 13.1 Å². The summed E-state index contributed by atoms with van der Waals surface area (Å²) in [5, 5.41) is 4.51. The normalized spacial score (nSPS) is 10.6. The number of H-pyrrole nitrogens is 1. The predicted octanol–water partition coefficient (Wildman–Crippen LogP) is 3.44. The minimum Gasteiger partial charge on any atom is -0.497 e. The van der Waals surface area contributed by atoms with Crippen LogP contribution in [0, 0.1) is 0 Å². The predicted molar refractivity (Wildman–Crippen MR) is 120 cm³/mol. The molecule has 152 valence electrons. The van der Waals surface area contributed by atoms with Crippen molar-refractivity contribution in [1.29, 1.82) is 0 Å². The van der Waals surface area contributed by atoms with Crippen molar-refractivity contribution in [1.82, 2.24) is 15.2 Å². The van der Waals surface area contributed by atoms with Gasteiger partial charge in [0.05, 0.1) is 20.3 Å². The molecule has 3 aromatic rings. The molecule has 0 bridgehead atoms. The first kappa shape index (κ1) is 20.7. The second-order valence-electron chi connectivity index (χ2n) is 6.57. The number of hydrogen-bond acceptors (Lipinski definition) is 4. The lowest BCUT2D eigenvalue weighted by Crippen LogP contribution is -2.38. The Balaban J connectivity index is 1.89. The number of benzene rings is 2. The molecule has 1 aromatic heterocycles. The monoisotopic (exact) mass is 411 g/mol. The maximum Gasteiger partial charge on any atom is 0.253 e. The molecule has 29 heavy (non-hydrogen) atoms. The molecule has 2 N–H and O–H groups in total. The average molecular weight is 412 g/mol. The van der Waals surface area contributed by atoms with E-state index in [1.807, 2.05) is 60.4 Å². The van der Waals surface area contributed by atoms with Crippen LogP contribution in [0.1, 0.15) is 18.1 Å². The minimum absolute atomic E-state index is 0.125. The number of hydrogen-bond donors (Lipinski definition) is 2. The van der Waals surface area contributed by atoms with Crippen molar-refractivity contribution < 1.29 is 9.47 Å². The summed E-state index contributed by atoms with van der Waals surface area (Å²) >= 11 is 5.48. The van der Waals surface area contributed by atoms with Crippen LogP contribution in [0.15, 0.2) is 53.3 Å². The fourth-order valence-corrected chi connectivity index (χ4v) is 3.25. The Kier molecular flexibility index (Phi) is 6.72. The van der Waals surface area contributed by atoms with Gasteiger partial charge < -0.3 is 24.7 Å². The Labute approximate surface area is 175 Å². The molecule has 2 aromatic carbocycles. The minimum atomic E-state index is -0.125. The number of thiocarbonyl (C=S) groups is 1. The van der Waals surface area contributed by atoms with E-state index < -0.39 is 0 Å². The number of aromatic nitrogens is 1. The molecule has 0 unspecified atom stereocenters. The zero-order valence-corrected chi connectivity index (χ0v) is 17.6. The molecule has 7 heteroatoms. The van der Waals surface area contributed by atoms with Crippen molar-refractivity contribution in [2.75, 3.05) is 20.8 Å². The maximum absolute atomic E-state index is 12.6. The van der Waals surface area contributed by atoms with Gasteiger partial charge in [-0.2, -0.15) is 0 Å². The van der Waals surface area contributed by atoms with Gasteiger partial charge in [0.15, 0.2) is 5.11 Å². The molecule has 1 heterocycles. The van der Waals surface area contributed by atoms with Crippen LogP contribution in [0.2, 0.25) is 0 Å². The Bertz CT molecular complexity index is 1050. The van der Waals surface area contributed by atoms with Crippen molar-refractivity contribution in [2.24, 2.45) is 0 Å². The van der Waals surface area contributed by atoms with Crippen LogP contribution in [0.5, 0.6) is 11.5 Å². The summed E-state index contributed by atoms with van der Waals surface area (Å²) < 4.78 is 10.8. The standard InChI is InChI=1S/C22H25N3O3S/c1-4-28-19-9-10-20-16(12-19)11-17(21(26)24-20)14-25(22(29)23-2)13-15-5-7-18(27-3)8-6-15/h5-12H,4,13-14H2,1-3H3,(H,23,29)(H,24,26). The maximum atomic E-state index is 12.6. The highest BCUT2D eigenvalue weighted by atomic mass is 32.1. The number of aromatic amines is 1. The van der Waals surface area contributed by atoms with E-state index in [0.717, 1.165) is 28.0 Å². The Hall–Kier alpha value is -3.06. The van der Waals surface area contributed by atoms with Crippen LogP contribution in [-0.4, -0.2) is 35.8 Å². The molecular formula is C22H25N3O3S. The van der Waals surface area contributed by atoms with Crippen LogP contribution in [0.25, 0.3) is 10.9 Å². The molecule has 0 atom stereocenters. The molecule has 0 saturated carbocycles. The van der Waals surface area contributed by atoms with Gasteiger partial charge in [-0.05, 0) is 61.1 Å². The highest BCUT2D eigenvalue weighted by Crippen LogP contribution is 2.20. The molecule has 0 aliphatic heterocycles. The number of fused-ring (bicyclic) bond motifs is 1. The van der Waals surface area contributed by atoms with Crippen molar-refractivity contribution >= 4 is 28.2 Å². The third kappa shape index (κ3) is 5.06. The number of nitrogens with one attached hydrogen (secondary N) is 2. The highest BCUT2D eigenvalue weighted by molar-refractivity contribution is 7.80. The molecule has 3 rings (SSSR count). The molecule has 6 nitrogen and oxygen atoms in total. The van der Waals surface area contributed by atoms with E-state index in [1.54, 1.807) is 14.2 Å². The summed E-state index contributed by atoms with van der Waals surface area (Å²) in [6.07, 6.45) is 0. The lowest BCUT2D eigenvalue weighted by atomic mass is 10.1. The van der Waals surface area contributed by atoms with Crippen molar-refractivity contribution in [3.05, 3.63) is 70.0 Å². The van der Waals surface area contributed by atoms with Gasteiger partial charge in [0.25, 0.3) is 5.56 Å². The molecule has 0 aliphatic carbocycles. The molecule has 0 amide bonds. The smallest absolute Gasteiger partial charge is 0.253 e. The fraction of sp³-hybridized carbons (Fsp3) is 0.273. The summed E-state index contributed by atoms with van der Waals surface area (Å²) in [6.45, 7) is 3.49. The zero-order chi connectivity index (χ0) is 20.8. The molecule has 0 aliphatic rings. The third-order valence-electron chi connectivity index (χ3n) is 4.60. The molecule has 0 radical (unpaired) electrons. The summed E-state index contributed by atoms with van der Waals surface area (Å²) in [5.74, 6) is 1.58. The van der Waals surface area contributed by atoms with Gasteiger partial charge in [-0.15, -0.1) is 0 Å². The van der Waals surface area contributed by atoms with Gasteiger partial charge >= 0.3 is 0 Å². The fourth-order valence-electron chi connectivity index (χ4n) is 3.12. The first-order valence-electron chi connectivity index (χ1n) is 9.42. The number of methoxy groups -OCH3 is 1. The van der Waals surface area contributed by atoms with E-state index >= 15 is 0 Å². The van der Waals surface area contributed by atoms with Gasteiger partial charge in [-0.3, -0.25) is 4.79 Å². The van der Waals surface area contributed by atoms with Crippen LogP contribution in [0.3, 0.4) is 0 Å². The van der Waals surface area contributed by atoms with E-state index in [1.165, 1.54) is 0 Å². The van der Waals surface area contributed by atoms with Crippen molar-refractivity contribution in [3.63, 3.8) is 0 Å². The summed E-state index contributed by atoms with van der Waals surface area (Å²) in [6, 6.07) is 15.3. The van der Waals surface area contributed by atoms with Gasteiger partial charge in [0.2, 0.25) is 0 Å². The molecule has 0 saturated heterocycles. The van der Waals surface area contributed by atoms with E-state index in [9.17, 15) is 4.79 Å². The first-order valence-corrected chi connectivity index (χ1v) is 9.83. The van der Waals surface area contributed by atoms with Gasteiger partial charge in [0.1, 0.15) is 11.5 Å². The lowest BCUT2D eigenvalue weighted by molar-refractivity contribution is 0.340. The highest BCUT2D eigenvalue weighted by Gasteiger charge is 2.13. The van der Waals surface area contributed by atoms with E-state index in [-0.39, 0.29) is 5.56 Å². The van der Waals surface area contributed by atoms with Gasteiger partial charge in [0, 0.05) is 30.1 Å². The summed E-state index contributed by atoms with van der Waals surface area (Å²) in [7, 11) is 3.42. The number of ether oxygens (including phenoxy) is 2. The topological polar surface area (TPSA) is 66.6 Å². The Morgan fingerprint density at radius 2 is 1.83 bits per heavy atom. The second kappa shape index (κ2) is 9.43. The van der Waals surface area contributed by atoms with Crippen LogP contribution in [0.4, 0.5) is 0 Å². The van der Waals surface area contributed by atoms with E-state index in [4.69, 9.17) is 21.7 Å². The summed E-state index contributed by atoms with van der Waals surface area (Å²) in [5.41, 5.74) is 2.36. The van der Waals surface area contributed by atoms with Crippen LogP contribution >= 0.6 is 12.2 Å². The summed E-state index contributed by atoms with van der Waals surface area (Å²) in [4.78, 5) is 17.5. The number of pyridine rings is 1. The zero-order valence-electron chi connectivity index (χ0n) is 16.8. The average Bonchev–Trinajstić information content (AvgIpc) is 2.74. The quantitative estimate of drug-likeness (QED) is 0.581. The van der Waals surface area contributed by atoms with E-state index in [0.29, 0.717) is 30.4 Å². The van der Waals surface area contributed by atoms with Crippen molar-refractivity contribution in [3.8, 4) is 11.5 Å². The van der Waals surface area contributed by atoms with Crippen molar-refractivity contribution in [2.45, 2.75) is 20.0 Å². The number of nitrogens with zero attached hydrogens (tertiary/aromatic N) is 1. The van der Waals surface area contributed by atoms with Gasteiger partial charge in [-0.1, -0.05) is 12.1 Å². The lowest BCUT2D eigenvalue weighted by Gasteiger charge is -2.25. The van der Waals surface area contributed by atoms with Gasteiger partial charge in [-0.25, -0.2) is 0 Å².